The monoisotopic (exact) mass is 267 g/mol. The quantitative estimate of drug-likeness (QED) is 0.843. The lowest BCUT2D eigenvalue weighted by Gasteiger charge is -2.31. The van der Waals surface area contributed by atoms with E-state index in [9.17, 15) is 0 Å². The third-order valence-electron chi connectivity index (χ3n) is 3.92. The molecule has 0 bridgehead atoms. The van der Waals surface area contributed by atoms with E-state index in [-0.39, 0.29) is 12.1 Å². The Bertz CT molecular complexity index is 628. The highest BCUT2D eigenvalue weighted by atomic mass is 16.5. The second kappa shape index (κ2) is 4.95. The highest BCUT2D eigenvalue weighted by Crippen LogP contribution is 2.40. The van der Waals surface area contributed by atoms with Crippen LogP contribution in [0.3, 0.4) is 0 Å². The Morgan fingerprint density at radius 1 is 0.950 bits per heavy atom. The van der Waals surface area contributed by atoms with Crippen molar-refractivity contribution in [3.8, 4) is 5.75 Å². The van der Waals surface area contributed by atoms with Crippen LogP contribution in [0.2, 0.25) is 0 Å². The fraction of sp³-hybridized carbons (Fsp3) is 0.333. The van der Waals surface area contributed by atoms with Crippen LogP contribution in [0.1, 0.15) is 46.4 Å². The molecule has 2 nitrogen and oxygen atoms in total. The van der Waals surface area contributed by atoms with Gasteiger partial charge in [0.25, 0.3) is 0 Å². The van der Waals surface area contributed by atoms with Crippen LogP contribution in [-0.2, 0) is 0 Å². The van der Waals surface area contributed by atoms with Crippen molar-refractivity contribution in [3.63, 3.8) is 0 Å². The molecule has 2 aromatic carbocycles. The Kier molecular flexibility index (Phi) is 3.27. The van der Waals surface area contributed by atoms with E-state index in [1.54, 1.807) is 0 Å². The zero-order valence-electron chi connectivity index (χ0n) is 12.3. The minimum atomic E-state index is 0.0458. The molecule has 0 saturated carbocycles. The summed E-state index contributed by atoms with van der Waals surface area (Å²) in [4.78, 5) is 0. The van der Waals surface area contributed by atoms with Crippen LogP contribution in [-0.4, -0.2) is 0 Å². The van der Waals surface area contributed by atoms with E-state index >= 15 is 0 Å². The third kappa shape index (κ3) is 2.44. The van der Waals surface area contributed by atoms with Crippen molar-refractivity contribution in [2.45, 2.75) is 39.3 Å². The molecule has 0 amide bonds. The van der Waals surface area contributed by atoms with Crippen molar-refractivity contribution in [3.05, 3.63) is 64.2 Å². The van der Waals surface area contributed by atoms with Crippen molar-refractivity contribution in [2.75, 3.05) is 0 Å². The van der Waals surface area contributed by atoms with Crippen LogP contribution in [0.5, 0.6) is 5.75 Å². The van der Waals surface area contributed by atoms with Crippen LogP contribution in [0.25, 0.3) is 0 Å². The zero-order valence-corrected chi connectivity index (χ0v) is 12.3. The summed E-state index contributed by atoms with van der Waals surface area (Å²) >= 11 is 0. The standard InChI is InChI=1S/C18H21NO/c1-11-4-5-17-15(9-11)16(19)10-18(20-17)14-7-12(2)6-13(3)8-14/h4-9,16,18H,10,19H2,1-3H3/t16-,18?/m0/s1. The zero-order chi connectivity index (χ0) is 14.3. The van der Waals surface area contributed by atoms with Gasteiger partial charge in [-0.05, 0) is 32.4 Å². The highest BCUT2D eigenvalue weighted by Gasteiger charge is 2.27. The molecule has 0 radical (unpaired) electrons. The molecule has 1 unspecified atom stereocenters. The first-order valence-corrected chi connectivity index (χ1v) is 7.14. The maximum absolute atomic E-state index is 6.34. The van der Waals surface area contributed by atoms with E-state index < -0.39 is 0 Å². The molecule has 2 N–H and O–H groups in total. The number of benzene rings is 2. The van der Waals surface area contributed by atoms with Gasteiger partial charge in [-0.3, -0.25) is 0 Å². The van der Waals surface area contributed by atoms with Crippen molar-refractivity contribution in [1.29, 1.82) is 0 Å². The molecule has 0 aliphatic carbocycles. The van der Waals surface area contributed by atoms with Crippen LogP contribution >= 0.6 is 0 Å². The van der Waals surface area contributed by atoms with E-state index in [2.05, 4.69) is 51.1 Å². The van der Waals surface area contributed by atoms with Gasteiger partial charge in [-0.2, -0.15) is 0 Å². The Labute approximate surface area is 120 Å². The molecule has 1 heterocycles. The molecule has 2 heteroatoms. The largest absolute Gasteiger partial charge is 0.485 e. The maximum Gasteiger partial charge on any atom is 0.126 e. The molecule has 0 spiro atoms. The normalized spacial score (nSPS) is 21.2. The number of hydrogen-bond donors (Lipinski definition) is 1. The molecular formula is C18H21NO. The van der Waals surface area contributed by atoms with Gasteiger partial charge < -0.3 is 10.5 Å². The van der Waals surface area contributed by atoms with Gasteiger partial charge in [0.15, 0.2) is 0 Å². The van der Waals surface area contributed by atoms with Crippen molar-refractivity contribution in [1.82, 2.24) is 0 Å². The van der Waals surface area contributed by atoms with Crippen LogP contribution < -0.4 is 10.5 Å². The summed E-state index contributed by atoms with van der Waals surface area (Å²) in [6, 6.07) is 12.9. The van der Waals surface area contributed by atoms with Gasteiger partial charge in [0.2, 0.25) is 0 Å². The summed E-state index contributed by atoms with van der Waals surface area (Å²) in [6.45, 7) is 6.33. The van der Waals surface area contributed by atoms with Crippen LogP contribution in [0, 0.1) is 20.8 Å². The number of nitrogens with two attached hydrogens (primary N) is 1. The van der Waals surface area contributed by atoms with Crippen LogP contribution in [0.15, 0.2) is 36.4 Å². The Balaban J connectivity index is 1.96. The van der Waals surface area contributed by atoms with Crippen molar-refractivity contribution < 1.29 is 4.74 Å². The predicted molar refractivity (Wildman–Crippen MR) is 82.0 cm³/mol. The lowest BCUT2D eigenvalue weighted by Crippen LogP contribution is -2.24. The Hall–Kier alpha value is -1.80. The highest BCUT2D eigenvalue weighted by molar-refractivity contribution is 5.42. The van der Waals surface area contributed by atoms with E-state index in [0.717, 1.165) is 17.7 Å². The summed E-state index contributed by atoms with van der Waals surface area (Å²) in [5.41, 5.74) is 12.5. The first-order chi connectivity index (χ1) is 9.52. The second-order valence-corrected chi connectivity index (χ2v) is 5.91. The first kappa shape index (κ1) is 13.2. The maximum atomic E-state index is 6.34. The molecule has 20 heavy (non-hydrogen) atoms. The molecule has 1 aliphatic rings. The second-order valence-electron chi connectivity index (χ2n) is 5.91. The Morgan fingerprint density at radius 2 is 1.65 bits per heavy atom. The first-order valence-electron chi connectivity index (χ1n) is 7.14. The summed E-state index contributed by atoms with van der Waals surface area (Å²) in [5, 5.41) is 0. The molecular weight excluding hydrogens is 246 g/mol. The predicted octanol–water partition coefficient (Wildman–Crippen LogP) is 4.14. The lowest BCUT2D eigenvalue weighted by atomic mass is 9.91. The summed E-state index contributed by atoms with van der Waals surface area (Å²) in [5.74, 6) is 0.929. The van der Waals surface area contributed by atoms with Gasteiger partial charge in [0.05, 0.1) is 0 Å². The molecule has 1 aliphatic heterocycles. The molecule has 2 atom stereocenters. The molecule has 104 valence electrons. The average molecular weight is 267 g/mol. The fourth-order valence-corrected chi connectivity index (χ4v) is 3.02. The number of rotatable bonds is 1. The SMILES string of the molecule is Cc1cc(C)cc(C2C[C@H](N)c3cc(C)ccc3O2)c1. The lowest BCUT2D eigenvalue weighted by molar-refractivity contribution is 0.161. The van der Waals surface area contributed by atoms with Gasteiger partial charge in [-0.15, -0.1) is 0 Å². The summed E-state index contributed by atoms with van der Waals surface area (Å²) < 4.78 is 6.17. The summed E-state index contributed by atoms with van der Waals surface area (Å²) in [7, 11) is 0. The van der Waals surface area contributed by atoms with Crippen molar-refractivity contribution in [2.24, 2.45) is 5.73 Å². The van der Waals surface area contributed by atoms with Gasteiger partial charge in [-0.25, -0.2) is 0 Å². The number of fused-ring (bicyclic) bond motifs is 1. The average Bonchev–Trinajstić information content (AvgIpc) is 2.38. The molecule has 3 rings (SSSR count). The van der Waals surface area contributed by atoms with E-state index in [1.165, 1.54) is 22.3 Å². The Morgan fingerprint density at radius 3 is 2.35 bits per heavy atom. The summed E-state index contributed by atoms with van der Waals surface area (Å²) in [6.07, 6.45) is 0.887. The minimum Gasteiger partial charge on any atom is -0.485 e. The fourth-order valence-electron chi connectivity index (χ4n) is 3.02. The molecule has 0 aromatic heterocycles. The number of ether oxygens (including phenoxy) is 1. The number of hydrogen-bond acceptors (Lipinski definition) is 2. The minimum absolute atomic E-state index is 0.0458. The van der Waals surface area contributed by atoms with Gasteiger partial charge in [-0.1, -0.05) is 47.0 Å². The smallest absolute Gasteiger partial charge is 0.126 e. The van der Waals surface area contributed by atoms with E-state index in [0.29, 0.717) is 0 Å². The topological polar surface area (TPSA) is 35.2 Å². The van der Waals surface area contributed by atoms with E-state index in [4.69, 9.17) is 10.5 Å². The number of aryl methyl sites for hydroxylation is 3. The third-order valence-corrected chi connectivity index (χ3v) is 3.92. The molecule has 2 aromatic rings. The molecule has 0 saturated heterocycles. The van der Waals surface area contributed by atoms with E-state index in [1.807, 2.05) is 6.07 Å². The molecule has 0 fully saturated rings. The van der Waals surface area contributed by atoms with Crippen molar-refractivity contribution >= 4 is 0 Å². The van der Waals surface area contributed by atoms with Gasteiger partial charge in [0, 0.05) is 18.0 Å². The van der Waals surface area contributed by atoms with Crippen LogP contribution in [0.4, 0.5) is 0 Å². The van der Waals surface area contributed by atoms with Gasteiger partial charge >= 0.3 is 0 Å². The van der Waals surface area contributed by atoms with Gasteiger partial charge in [0.1, 0.15) is 11.9 Å².